The topological polar surface area (TPSA) is 103 Å². The van der Waals surface area contributed by atoms with E-state index in [0.29, 0.717) is 36.2 Å². The van der Waals surface area contributed by atoms with Crippen LogP contribution in [0.5, 0.6) is 0 Å². The van der Waals surface area contributed by atoms with E-state index < -0.39 is 6.04 Å². The van der Waals surface area contributed by atoms with E-state index in [1.54, 1.807) is 0 Å². The second-order valence-corrected chi connectivity index (χ2v) is 10.5. The van der Waals surface area contributed by atoms with Crippen molar-refractivity contribution in [1.29, 1.82) is 0 Å². The Bertz CT molecular complexity index is 1430. The van der Waals surface area contributed by atoms with Crippen LogP contribution in [-0.2, 0) is 27.2 Å². The van der Waals surface area contributed by atoms with E-state index in [9.17, 15) is 14.4 Å². The van der Waals surface area contributed by atoms with Crippen LogP contribution in [-0.4, -0.2) is 58.5 Å². The Morgan fingerprint density at radius 3 is 2.08 bits per heavy atom. The Labute approximate surface area is 238 Å². The first-order valence-corrected chi connectivity index (χ1v) is 14.4. The first-order valence-electron chi connectivity index (χ1n) is 13.4. The molecule has 0 saturated heterocycles. The molecule has 0 fully saturated rings. The van der Waals surface area contributed by atoms with Gasteiger partial charge in [-0.3, -0.25) is 19.4 Å². The third kappa shape index (κ3) is 6.84. The van der Waals surface area contributed by atoms with Crippen molar-refractivity contribution in [3.8, 4) is 0 Å². The van der Waals surface area contributed by atoms with Gasteiger partial charge in [-0.1, -0.05) is 84.6 Å². The Kier molecular flexibility index (Phi) is 9.03. The quantitative estimate of drug-likeness (QED) is 0.376. The Hall–Kier alpha value is -4.24. The second kappa shape index (κ2) is 13.2. The zero-order chi connectivity index (χ0) is 27.7. The van der Waals surface area contributed by atoms with E-state index in [0.717, 1.165) is 29.5 Å². The molecule has 1 atom stereocenters. The van der Waals surface area contributed by atoms with Gasteiger partial charge in [0.05, 0.1) is 11.4 Å². The van der Waals surface area contributed by atoms with E-state index in [2.05, 4.69) is 15.6 Å². The lowest BCUT2D eigenvalue weighted by Gasteiger charge is -2.25. The number of carbonyl (C=O) groups excluding carboxylic acids is 3. The summed E-state index contributed by atoms with van der Waals surface area (Å²) >= 11 is 1.21. The number of amides is 3. The highest BCUT2D eigenvalue weighted by atomic mass is 32.2. The molecule has 0 bridgehead atoms. The van der Waals surface area contributed by atoms with Crippen molar-refractivity contribution < 1.29 is 14.4 Å². The molecule has 8 nitrogen and oxygen atoms in total. The Morgan fingerprint density at radius 2 is 1.40 bits per heavy atom. The predicted octanol–water partition coefficient (Wildman–Crippen LogP) is 3.88. The molecular formula is C31H31N5O3S. The molecule has 0 aromatic heterocycles. The molecule has 204 valence electrons. The molecule has 3 aromatic carbocycles. The van der Waals surface area contributed by atoms with E-state index in [1.165, 1.54) is 16.7 Å². The largest absolute Gasteiger partial charge is 0.356 e. The highest BCUT2D eigenvalue weighted by molar-refractivity contribution is 8.14. The van der Waals surface area contributed by atoms with Gasteiger partial charge in [0.25, 0.3) is 5.91 Å². The third-order valence-corrected chi connectivity index (χ3v) is 7.62. The monoisotopic (exact) mass is 553 g/mol. The van der Waals surface area contributed by atoms with E-state index >= 15 is 0 Å². The maximum atomic E-state index is 13.4. The number of amidine groups is 2. The number of benzene rings is 3. The van der Waals surface area contributed by atoms with Gasteiger partial charge in [0.15, 0.2) is 5.17 Å². The van der Waals surface area contributed by atoms with E-state index in [1.807, 2.05) is 84.9 Å². The van der Waals surface area contributed by atoms with Crippen LogP contribution in [0.1, 0.15) is 29.5 Å². The van der Waals surface area contributed by atoms with Gasteiger partial charge in [-0.15, -0.1) is 0 Å². The van der Waals surface area contributed by atoms with Crippen molar-refractivity contribution in [3.05, 3.63) is 102 Å². The van der Waals surface area contributed by atoms with Gasteiger partial charge in [-0.25, -0.2) is 9.89 Å². The molecule has 40 heavy (non-hydrogen) atoms. The van der Waals surface area contributed by atoms with E-state index in [4.69, 9.17) is 4.99 Å². The first kappa shape index (κ1) is 27.3. The molecule has 2 aliphatic rings. The number of hydrogen-bond donors (Lipinski definition) is 2. The molecule has 0 aliphatic carbocycles. The van der Waals surface area contributed by atoms with Crippen LogP contribution in [0.25, 0.3) is 0 Å². The average molecular weight is 554 g/mol. The number of nitrogens with zero attached hydrogens (tertiary/aromatic N) is 3. The molecule has 1 unspecified atom stereocenters. The number of carbonyl (C=O) groups is 3. The SMILES string of the molecule is O=C(CCC1N=C2c3ccccc3N=C(SCC(=O)NCCc3ccccc3)N2C1=O)NCCc1ccccc1. The zero-order valence-electron chi connectivity index (χ0n) is 22.1. The fraction of sp³-hybridized carbons (Fsp3) is 0.258. The number of nitrogens with one attached hydrogen (secondary N) is 2. The lowest BCUT2D eigenvalue weighted by molar-refractivity contribution is -0.125. The minimum absolute atomic E-state index is 0.107. The van der Waals surface area contributed by atoms with Crippen LogP contribution in [0.3, 0.4) is 0 Å². The van der Waals surface area contributed by atoms with Crippen LogP contribution in [0, 0.1) is 0 Å². The minimum atomic E-state index is -0.675. The second-order valence-electron chi connectivity index (χ2n) is 9.55. The fourth-order valence-electron chi connectivity index (χ4n) is 4.61. The summed E-state index contributed by atoms with van der Waals surface area (Å²) in [6.07, 6.45) is 1.99. The van der Waals surface area contributed by atoms with Crippen molar-refractivity contribution in [1.82, 2.24) is 15.5 Å². The predicted molar refractivity (Wildman–Crippen MR) is 159 cm³/mol. The van der Waals surface area contributed by atoms with Gasteiger partial charge < -0.3 is 10.6 Å². The molecule has 5 rings (SSSR count). The first-order chi connectivity index (χ1) is 19.6. The van der Waals surface area contributed by atoms with Gasteiger partial charge in [0.2, 0.25) is 11.8 Å². The molecule has 3 amide bonds. The number of para-hydroxylation sites is 1. The summed E-state index contributed by atoms with van der Waals surface area (Å²) in [6.45, 7) is 1.07. The van der Waals surface area contributed by atoms with Crippen LogP contribution in [0.15, 0.2) is 94.9 Å². The maximum absolute atomic E-state index is 13.4. The molecule has 2 heterocycles. The number of rotatable bonds is 11. The average Bonchev–Trinajstić information content (AvgIpc) is 3.32. The Balaban J connectivity index is 1.16. The van der Waals surface area contributed by atoms with Crippen molar-refractivity contribution in [2.75, 3.05) is 18.8 Å². The summed E-state index contributed by atoms with van der Waals surface area (Å²) in [5, 5.41) is 6.30. The summed E-state index contributed by atoms with van der Waals surface area (Å²) in [4.78, 5) is 49.3. The maximum Gasteiger partial charge on any atom is 0.259 e. The number of thioether (sulfide) groups is 1. The molecular weight excluding hydrogens is 522 g/mol. The van der Waals surface area contributed by atoms with Gasteiger partial charge in [-0.2, -0.15) is 0 Å². The molecule has 3 aromatic rings. The van der Waals surface area contributed by atoms with Crippen LogP contribution in [0.4, 0.5) is 5.69 Å². The molecule has 2 N–H and O–H groups in total. The van der Waals surface area contributed by atoms with Crippen LogP contribution < -0.4 is 10.6 Å². The minimum Gasteiger partial charge on any atom is -0.356 e. The lowest BCUT2D eigenvalue weighted by Crippen LogP contribution is -2.42. The smallest absolute Gasteiger partial charge is 0.259 e. The van der Waals surface area contributed by atoms with Gasteiger partial charge in [-0.05, 0) is 42.5 Å². The fourth-order valence-corrected chi connectivity index (χ4v) is 5.44. The molecule has 0 saturated carbocycles. The summed E-state index contributed by atoms with van der Waals surface area (Å²) < 4.78 is 0. The van der Waals surface area contributed by atoms with Crippen molar-refractivity contribution in [3.63, 3.8) is 0 Å². The van der Waals surface area contributed by atoms with Crippen LogP contribution >= 0.6 is 11.8 Å². The molecule has 0 radical (unpaired) electrons. The normalized spacial score (nSPS) is 15.6. The van der Waals surface area contributed by atoms with Crippen molar-refractivity contribution in [2.45, 2.75) is 31.7 Å². The lowest BCUT2D eigenvalue weighted by atomic mass is 10.1. The standard InChI is InChI=1S/C31H31N5O3S/c37-27(32-19-17-22-9-3-1-4-10-22)16-15-26-30(39)36-29(34-26)24-13-7-8-14-25(24)35-31(36)40-21-28(38)33-20-18-23-11-5-2-6-12-23/h1-14,26H,15-21H2,(H,32,37)(H,33,38). The van der Waals surface area contributed by atoms with Crippen molar-refractivity contribution in [2.24, 2.45) is 9.98 Å². The Morgan fingerprint density at radius 1 is 0.800 bits per heavy atom. The number of hydrogen-bond acceptors (Lipinski definition) is 6. The third-order valence-electron chi connectivity index (χ3n) is 6.68. The summed E-state index contributed by atoms with van der Waals surface area (Å²) in [7, 11) is 0. The highest BCUT2D eigenvalue weighted by Gasteiger charge is 2.41. The van der Waals surface area contributed by atoms with Gasteiger partial charge in [0.1, 0.15) is 11.9 Å². The summed E-state index contributed by atoms with van der Waals surface area (Å²) in [5.74, 6) is 0.191. The van der Waals surface area contributed by atoms with Crippen molar-refractivity contribution >= 4 is 46.2 Å². The van der Waals surface area contributed by atoms with Crippen LogP contribution in [0.2, 0.25) is 0 Å². The summed E-state index contributed by atoms with van der Waals surface area (Å²) in [6, 6.07) is 26.8. The molecule has 2 aliphatic heterocycles. The van der Waals surface area contributed by atoms with Gasteiger partial charge in [0, 0.05) is 25.1 Å². The molecule has 0 spiro atoms. The number of fused-ring (bicyclic) bond motifs is 3. The van der Waals surface area contributed by atoms with E-state index in [-0.39, 0.29) is 29.9 Å². The molecule has 9 heteroatoms. The summed E-state index contributed by atoms with van der Waals surface area (Å²) in [5.41, 5.74) is 3.78. The number of aliphatic imine (C=N–C) groups is 2. The zero-order valence-corrected chi connectivity index (χ0v) is 22.9. The highest BCUT2D eigenvalue weighted by Crippen LogP contribution is 2.34. The van der Waals surface area contributed by atoms with Gasteiger partial charge >= 0.3 is 0 Å².